The first kappa shape index (κ1) is 15.7. The first-order chi connectivity index (χ1) is 9.54. The number of aliphatic hydroxyl groups excluding tert-OH is 1. The Labute approximate surface area is 119 Å². The average Bonchev–Trinajstić information content (AvgIpc) is 2.78. The second-order valence-electron chi connectivity index (χ2n) is 5.54. The van der Waals surface area contributed by atoms with E-state index in [0.717, 1.165) is 12.8 Å². The molecule has 0 aromatic rings. The minimum Gasteiger partial charge on any atom is -0.466 e. The van der Waals surface area contributed by atoms with E-state index in [9.17, 15) is 9.90 Å². The van der Waals surface area contributed by atoms with Gasteiger partial charge in [-0.05, 0) is 13.3 Å². The summed E-state index contributed by atoms with van der Waals surface area (Å²) in [5.74, 6) is -1.10. The zero-order valence-corrected chi connectivity index (χ0v) is 12.2. The number of fused-ring (bicyclic) bond motifs is 1. The van der Waals surface area contributed by atoms with Crippen LogP contribution >= 0.6 is 0 Å². The van der Waals surface area contributed by atoms with E-state index in [1.165, 1.54) is 0 Å². The Hall–Kier alpha value is -0.690. The lowest BCUT2D eigenvalue weighted by atomic mass is 10.1. The van der Waals surface area contributed by atoms with Crippen LogP contribution in [0.15, 0.2) is 0 Å². The molecule has 2 heterocycles. The highest BCUT2D eigenvalue weighted by atomic mass is 16.7. The largest absolute Gasteiger partial charge is 0.466 e. The number of ether oxygens (including phenoxy) is 4. The van der Waals surface area contributed by atoms with Crippen LogP contribution < -0.4 is 0 Å². The van der Waals surface area contributed by atoms with Gasteiger partial charge in [0.25, 0.3) is 0 Å². The van der Waals surface area contributed by atoms with Crippen LogP contribution in [0.3, 0.4) is 0 Å². The Morgan fingerprint density at radius 1 is 1.45 bits per heavy atom. The summed E-state index contributed by atoms with van der Waals surface area (Å²) in [6.07, 6.45) is 1.32. The van der Waals surface area contributed by atoms with E-state index in [1.807, 2.05) is 6.92 Å². The lowest BCUT2D eigenvalue weighted by Gasteiger charge is -2.40. The third-order valence-corrected chi connectivity index (χ3v) is 3.71. The lowest BCUT2D eigenvalue weighted by molar-refractivity contribution is -0.311. The predicted molar refractivity (Wildman–Crippen MR) is 70.1 cm³/mol. The molecule has 4 unspecified atom stereocenters. The zero-order chi connectivity index (χ0) is 14.6. The number of aliphatic hydroxyl groups is 1. The number of carbonyl (C=O) groups excluding carboxylic acids is 1. The minimum absolute atomic E-state index is 0.213. The molecule has 2 saturated heterocycles. The number of carbonyl (C=O) groups is 1. The fourth-order valence-electron chi connectivity index (χ4n) is 2.40. The lowest BCUT2D eigenvalue weighted by Crippen LogP contribution is -2.51. The first-order valence-electron chi connectivity index (χ1n) is 7.31. The summed E-state index contributed by atoms with van der Waals surface area (Å²) in [4.78, 5) is 11.6. The molecule has 2 aliphatic heterocycles. The van der Waals surface area contributed by atoms with Crippen molar-refractivity contribution in [3.05, 3.63) is 0 Å². The number of hydrogen-bond acceptors (Lipinski definition) is 6. The van der Waals surface area contributed by atoms with E-state index in [-0.39, 0.29) is 31.2 Å². The molecule has 6 heteroatoms. The van der Waals surface area contributed by atoms with Crippen molar-refractivity contribution in [3.63, 3.8) is 0 Å². The van der Waals surface area contributed by atoms with Gasteiger partial charge in [0, 0.05) is 6.42 Å². The van der Waals surface area contributed by atoms with Gasteiger partial charge in [0.1, 0.15) is 18.3 Å². The maximum absolute atomic E-state index is 11.6. The summed E-state index contributed by atoms with van der Waals surface area (Å²) >= 11 is 0. The van der Waals surface area contributed by atoms with Crippen molar-refractivity contribution in [1.29, 1.82) is 0 Å². The van der Waals surface area contributed by atoms with Gasteiger partial charge in [0.15, 0.2) is 5.79 Å². The van der Waals surface area contributed by atoms with Crippen molar-refractivity contribution in [1.82, 2.24) is 0 Å². The van der Waals surface area contributed by atoms with Gasteiger partial charge in [-0.15, -0.1) is 0 Å². The molecule has 2 rings (SSSR count). The van der Waals surface area contributed by atoms with E-state index < -0.39 is 11.9 Å². The maximum Gasteiger partial charge on any atom is 0.305 e. The first-order valence-corrected chi connectivity index (χ1v) is 7.31. The number of esters is 1. The number of unbranched alkanes of at least 4 members (excludes halogenated alkanes) is 1. The summed E-state index contributed by atoms with van der Waals surface area (Å²) in [7, 11) is 0. The van der Waals surface area contributed by atoms with Crippen molar-refractivity contribution >= 4 is 5.97 Å². The highest BCUT2D eigenvalue weighted by Crippen LogP contribution is 2.33. The molecule has 20 heavy (non-hydrogen) atoms. The zero-order valence-electron chi connectivity index (χ0n) is 12.2. The molecule has 2 aliphatic rings. The molecule has 6 nitrogen and oxygen atoms in total. The summed E-state index contributed by atoms with van der Waals surface area (Å²) in [6, 6.07) is 0. The van der Waals surface area contributed by atoms with E-state index in [2.05, 4.69) is 0 Å². The van der Waals surface area contributed by atoms with Crippen LogP contribution in [0.25, 0.3) is 0 Å². The smallest absolute Gasteiger partial charge is 0.305 e. The van der Waals surface area contributed by atoms with Gasteiger partial charge in [-0.3, -0.25) is 4.79 Å². The second kappa shape index (κ2) is 6.85. The van der Waals surface area contributed by atoms with E-state index in [4.69, 9.17) is 18.9 Å². The van der Waals surface area contributed by atoms with E-state index in [0.29, 0.717) is 19.6 Å². The Kier molecular flexibility index (Phi) is 5.37. The molecule has 0 radical (unpaired) electrons. The topological polar surface area (TPSA) is 74.2 Å². The SMILES string of the molecule is CCCCOC(=O)CCC1(C)OCC2OCC(O)C2O1. The van der Waals surface area contributed by atoms with Gasteiger partial charge >= 0.3 is 5.97 Å². The van der Waals surface area contributed by atoms with E-state index >= 15 is 0 Å². The monoisotopic (exact) mass is 288 g/mol. The van der Waals surface area contributed by atoms with Crippen molar-refractivity contribution < 1.29 is 28.8 Å². The molecule has 0 aromatic carbocycles. The second-order valence-corrected chi connectivity index (χ2v) is 5.54. The quantitative estimate of drug-likeness (QED) is 0.580. The van der Waals surface area contributed by atoms with Crippen LogP contribution in [0.4, 0.5) is 0 Å². The molecule has 0 bridgehead atoms. The molecule has 0 aliphatic carbocycles. The highest BCUT2D eigenvalue weighted by Gasteiger charge is 2.47. The Bertz CT molecular complexity index is 334. The molecule has 0 saturated carbocycles. The van der Waals surface area contributed by atoms with Crippen LogP contribution in [-0.4, -0.2) is 55.0 Å². The standard InChI is InChI=1S/C14H24O6/c1-3-4-7-17-12(16)5-6-14(2)19-9-11-13(20-14)10(15)8-18-11/h10-11,13,15H,3-9H2,1-2H3. The molecule has 2 fully saturated rings. The Morgan fingerprint density at radius 3 is 3.00 bits per heavy atom. The van der Waals surface area contributed by atoms with Crippen LogP contribution in [0.1, 0.15) is 39.5 Å². The molecule has 4 atom stereocenters. The third-order valence-electron chi connectivity index (χ3n) is 3.71. The van der Waals surface area contributed by atoms with Gasteiger partial charge in [-0.2, -0.15) is 0 Å². The van der Waals surface area contributed by atoms with Gasteiger partial charge in [0.2, 0.25) is 0 Å². The van der Waals surface area contributed by atoms with Crippen LogP contribution in [0.2, 0.25) is 0 Å². The summed E-state index contributed by atoms with van der Waals surface area (Å²) in [6.45, 7) is 4.94. The van der Waals surface area contributed by atoms with Crippen molar-refractivity contribution in [2.45, 2.75) is 63.6 Å². The van der Waals surface area contributed by atoms with Crippen LogP contribution in [0.5, 0.6) is 0 Å². The maximum atomic E-state index is 11.6. The molecular formula is C14H24O6. The highest BCUT2D eigenvalue weighted by molar-refractivity contribution is 5.69. The molecular weight excluding hydrogens is 264 g/mol. The normalized spacial score (nSPS) is 36.6. The van der Waals surface area contributed by atoms with E-state index in [1.54, 1.807) is 6.92 Å². The van der Waals surface area contributed by atoms with Crippen molar-refractivity contribution in [2.24, 2.45) is 0 Å². The van der Waals surface area contributed by atoms with Gasteiger partial charge in [-0.25, -0.2) is 0 Å². The van der Waals surface area contributed by atoms with Crippen molar-refractivity contribution in [2.75, 3.05) is 19.8 Å². The van der Waals surface area contributed by atoms with Gasteiger partial charge < -0.3 is 24.1 Å². The van der Waals surface area contributed by atoms with Gasteiger partial charge in [0.05, 0.1) is 26.2 Å². The number of hydrogen-bond donors (Lipinski definition) is 1. The average molecular weight is 288 g/mol. The Balaban J connectivity index is 1.75. The van der Waals surface area contributed by atoms with Crippen LogP contribution in [-0.2, 0) is 23.7 Å². The number of rotatable bonds is 6. The molecule has 1 N–H and O–H groups in total. The Morgan fingerprint density at radius 2 is 2.25 bits per heavy atom. The summed E-state index contributed by atoms with van der Waals surface area (Å²) < 4.78 is 21.9. The molecule has 116 valence electrons. The summed E-state index contributed by atoms with van der Waals surface area (Å²) in [5, 5.41) is 9.78. The molecule has 0 spiro atoms. The molecule has 0 aromatic heterocycles. The fraction of sp³-hybridized carbons (Fsp3) is 0.929. The third kappa shape index (κ3) is 3.91. The summed E-state index contributed by atoms with van der Waals surface area (Å²) in [5.41, 5.74) is 0. The predicted octanol–water partition coefficient (Wildman–Crippen LogP) is 1.00. The van der Waals surface area contributed by atoms with Crippen molar-refractivity contribution in [3.8, 4) is 0 Å². The van der Waals surface area contributed by atoms with Crippen LogP contribution in [0, 0.1) is 0 Å². The molecule has 0 amide bonds. The fourth-order valence-corrected chi connectivity index (χ4v) is 2.40. The van der Waals surface area contributed by atoms with Gasteiger partial charge in [-0.1, -0.05) is 13.3 Å². The minimum atomic E-state index is -0.861.